The maximum Gasteiger partial charge on any atom is 0.192 e. The SMILES string of the molecule is COCc1nn(CCO[Si](C)(C)C(C)(C)C)c(CO)c1I. The van der Waals surface area contributed by atoms with Crippen LogP contribution in [0.5, 0.6) is 0 Å². The van der Waals surface area contributed by atoms with E-state index in [4.69, 9.17) is 9.16 Å². The van der Waals surface area contributed by atoms with Crippen molar-refractivity contribution in [3.8, 4) is 0 Å². The number of rotatable bonds is 7. The smallest absolute Gasteiger partial charge is 0.192 e. The lowest BCUT2D eigenvalue weighted by Crippen LogP contribution is -2.41. The zero-order valence-electron chi connectivity index (χ0n) is 13.9. The Morgan fingerprint density at radius 3 is 2.43 bits per heavy atom. The second kappa shape index (κ2) is 7.54. The number of aliphatic hydroxyl groups excluding tert-OH is 1. The second-order valence-corrected chi connectivity index (χ2v) is 12.5. The van der Waals surface area contributed by atoms with Crippen LogP contribution < -0.4 is 0 Å². The summed E-state index contributed by atoms with van der Waals surface area (Å²) in [5.41, 5.74) is 1.70. The molecule has 122 valence electrons. The molecular weight excluding hydrogens is 399 g/mol. The van der Waals surface area contributed by atoms with E-state index in [1.165, 1.54) is 0 Å². The van der Waals surface area contributed by atoms with Crippen molar-refractivity contribution in [2.75, 3.05) is 13.7 Å². The van der Waals surface area contributed by atoms with E-state index in [0.717, 1.165) is 15.0 Å². The van der Waals surface area contributed by atoms with Crippen molar-refractivity contribution >= 4 is 30.9 Å². The first-order valence-electron chi connectivity index (χ1n) is 7.12. The van der Waals surface area contributed by atoms with E-state index in [0.29, 0.717) is 19.8 Å². The van der Waals surface area contributed by atoms with Gasteiger partial charge in [0.15, 0.2) is 8.32 Å². The van der Waals surface area contributed by atoms with Gasteiger partial charge in [-0.2, -0.15) is 5.10 Å². The fraction of sp³-hybridized carbons (Fsp3) is 0.786. The van der Waals surface area contributed by atoms with Gasteiger partial charge in [-0.1, -0.05) is 20.8 Å². The number of nitrogens with zero attached hydrogens (tertiary/aromatic N) is 2. The van der Waals surface area contributed by atoms with Crippen molar-refractivity contribution in [3.63, 3.8) is 0 Å². The van der Waals surface area contributed by atoms with Crippen molar-refractivity contribution in [1.29, 1.82) is 0 Å². The molecule has 0 radical (unpaired) electrons. The topological polar surface area (TPSA) is 56.5 Å². The molecule has 0 unspecified atom stereocenters. The van der Waals surface area contributed by atoms with Crippen LogP contribution in [0.2, 0.25) is 18.1 Å². The first-order chi connectivity index (χ1) is 9.64. The van der Waals surface area contributed by atoms with Gasteiger partial charge in [0.1, 0.15) is 5.69 Å². The Labute approximate surface area is 142 Å². The molecule has 0 saturated heterocycles. The lowest BCUT2D eigenvalue weighted by atomic mass is 10.2. The van der Waals surface area contributed by atoms with E-state index < -0.39 is 8.32 Å². The summed E-state index contributed by atoms with van der Waals surface area (Å²) in [5.74, 6) is 0. The molecule has 0 fully saturated rings. The maximum absolute atomic E-state index is 9.53. The normalized spacial score (nSPS) is 13.0. The fourth-order valence-corrected chi connectivity index (χ4v) is 3.45. The summed E-state index contributed by atoms with van der Waals surface area (Å²) < 4.78 is 14.1. The van der Waals surface area contributed by atoms with Crippen LogP contribution in [0, 0.1) is 3.57 Å². The molecule has 0 bridgehead atoms. The van der Waals surface area contributed by atoms with Crippen LogP contribution in [0.15, 0.2) is 0 Å². The summed E-state index contributed by atoms with van der Waals surface area (Å²) in [5, 5.41) is 14.2. The Hall–Kier alpha value is 0.0369. The summed E-state index contributed by atoms with van der Waals surface area (Å²) in [7, 11) is -0.0914. The minimum Gasteiger partial charge on any atom is -0.415 e. The molecule has 0 aliphatic rings. The van der Waals surface area contributed by atoms with Crippen molar-refractivity contribution in [2.45, 2.75) is 58.7 Å². The van der Waals surface area contributed by atoms with Crippen molar-refractivity contribution in [3.05, 3.63) is 15.0 Å². The Kier molecular flexibility index (Phi) is 6.85. The van der Waals surface area contributed by atoms with Gasteiger partial charge >= 0.3 is 0 Å². The van der Waals surface area contributed by atoms with Crippen molar-refractivity contribution < 1.29 is 14.3 Å². The number of halogens is 1. The number of methoxy groups -OCH3 is 1. The van der Waals surface area contributed by atoms with Crippen LogP contribution >= 0.6 is 22.6 Å². The highest BCUT2D eigenvalue weighted by molar-refractivity contribution is 14.1. The molecule has 0 aromatic carbocycles. The van der Waals surface area contributed by atoms with Gasteiger partial charge in [0, 0.05) is 7.11 Å². The van der Waals surface area contributed by atoms with E-state index in [2.05, 4.69) is 61.6 Å². The van der Waals surface area contributed by atoms with Gasteiger partial charge in [-0.3, -0.25) is 4.68 Å². The average molecular weight is 426 g/mol. The highest BCUT2D eigenvalue weighted by atomic mass is 127. The standard InChI is InChI=1S/C14H27IN2O3Si/c1-14(2,3)21(5,6)20-8-7-17-12(9-18)13(15)11(16-17)10-19-4/h18H,7-10H2,1-6H3. The summed E-state index contributed by atoms with van der Waals surface area (Å²) in [6.45, 7) is 12.9. The zero-order chi connectivity index (χ0) is 16.3. The monoisotopic (exact) mass is 426 g/mol. The van der Waals surface area contributed by atoms with Gasteiger partial charge in [0.25, 0.3) is 0 Å². The minimum atomic E-state index is -1.74. The van der Waals surface area contributed by atoms with Crippen molar-refractivity contribution in [2.24, 2.45) is 0 Å². The average Bonchev–Trinajstić information content (AvgIpc) is 2.64. The largest absolute Gasteiger partial charge is 0.415 e. The molecule has 0 amide bonds. The minimum absolute atomic E-state index is 0.0188. The summed E-state index contributed by atoms with van der Waals surface area (Å²) in [6.07, 6.45) is 0. The number of hydrogen-bond acceptors (Lipinski definition) is 4. The molecule has 0 saturated carbocycles. The third-order valence-electron chi connectivity index (χ3n) is 4.06. The lowest BCUT2D eigenvalue weighted by molar-refractivity contribution is 0.179. The molecular formula is C14H27IN2O3Si. The van der Waals surface area contributed by atoms with E-state index >= 15 is 0 Å². The van der Waals surface area contributed by atoms with Gasteiger partial charge in [-0.05, 0) is 40.7 Å². The van der Waals surface area contributed by atoms with E-state index in [9.17, 15) is 5.11 Å². The number of ether oxygens (including phenoxy) is 1. The first kappa shape index (κ1) is 19.1. The molecule has 0 aliphatic carbocycles. The predicted molar refractivity (Wildman–Crippen MR) is 94.7 cm³/mol. The Morgan fingerprint density at radius 1 is 1.33 bits per heavy atom. The molecule has 1 heterocycles. The Balaban J connectivity index is 2.74. The summed E-state index contributed by atoms with van der Waals surface area (Å²) in [6, 6.07) is 0. The van der Waals surface area contributed by atoms with Crippen LogP contribution in [-0.4, -0.2) is 36.9 Å². The third-order valence-corrected chi connectivity index (χ3v) is 9.85. The van der Waals surface area contributed by atoms with E-state index in [1.807, 2.05) is 4.68 Å². The van der Waals surface area contributed by atoms with Crippen molar-refractivity contribution in [1.82, 2.24) is 9.78 Å². The predicted octanol–water partition coefficient (Wildman–Crippen LogP) is 3.15. The van der Waals surface area contributed by atoms with Gasteiger partial charge < -0.3 is 14.3 Å². The van der Waals surface area contributed by atoms with Crippen LogP contribution in [0.25, 0.3) is 0 Å². The highest BCUT2D eigenvalue weighted by Crippen LogP contribution is 2.36. The molecule has 5 nitrogen and oxygen atoms in total. The van der Waals surface area contributed by atoms with Gasteiger partial charge in [-0.25, -0.2) is 0 Å². The maximum atomic E-state index is 9.53. The lowest BCUT2D eigenvalue weighted by Gasteiger charge is -2.36. The number of hydrogen-bond donors (Lipinski definition) is 1. The van der Waals surface area contributed by atoms with E-state index in [1.54, 1.807) is 7.11 Å². The fourth-order valence-electron chi connectivity index (χ4n) is 1.70. The molecule has 1 aromatic heterocycles. The molecule has 0 spiro atoms. The second-order valence-electron chi connectivity index (χ2n) is 6.63. The van der Waals surface area contributed by atoms with E-state index in [-0.39, 0.29) is 11.6 Å². The molecule has 1 N–H and O–H groups in total. The Morgan fingerprint density at radius 2 is 1.95 bits per heavy atom. The summed E-state index contributed by atoms with van der Waals surface area (Å²) >= 11 is 2.21. The zero-order valence-corrected chi connectivity index (χ0v) is 17.0. The molecule has 21 heavy (non-hydrogen) atoms. The van der Waals surface area contributed by atoms with Gasteiger partial charge in [0.2, 0.25) is 0 Å². The third kappa shape index (κ3) is 4.75. The summed E-state index contributed by atoms with van der Waals surface area (Å²) in [4.78, 5) is 0. The first-order valence-corrected chi connectivity index (χ1v) is 11.1. The molecule has 0 atom stereocenters. The quantitative estimate of drug-likeness (QED) is 0.538. The van der Waals surface area contributed by atoms with Gasteiger partial charge in [0.05, 0.1) is 35.6 Å². The highest BCUT2D eigenvalue weighted by Gasteiger charge is 2.36. The van der Waals surface area contributed by atoms with Crippen LogP contribution in [0.4, 0.5) is 0 Å². The molecule has 0 aliphatic heterocycles. The molecule has 7 heteroatoms. The number of aliphatic hydroxyl groups is 1. The van der Waals surface area contributed by atoms with Crippen LogP contribution in [-0.2, 0) is 28.9 Å². The van der Waals surface area contributed by atoms with Gasteiger partial charge in [-0.15, -0.1) is 0 Å². The number of aromatic nitrogens is 2. The molecule has 1 aromatic rings. The van der Waals surface area contributed by atoms with Crippen LogP contribution in [0.1, 0.15) is 32.2 Å². The molecule has 1 rings (SSSR count). The Bertz CT molecular complexity index is 470. The van der Waals surface area contributed by atoms with Crippen LogP contribution in [0.3, 0.4) is 0 Å².